The number of rotatable bonds is 9. The Morgan fingerprint density at radius 2 is 1.87 bits per heavy atom. The summed E-state index contributed by atoms with van der Waals surface area (Å²) in [4.78, 5) is 21.9. The second-order valence-electron chi connectivity index (χ2n) is 6.65. The lowest BCUT2D eigenvalue weighted by Crippen LogP contribution is -2.30. The van der Waals surface area contributed by atoms with Crippen LogP contribution in [0, 0.1) is 0 Å². The quantitative estimate of drug-likeness (QED) is 0.443. The number of benzene rings is 2. The van der Waals surface area contributed by atoms with Gasteiger partial charge in [-0.25, -0.2) is 4.98 Å². The SMILES string of the molecule is COc1ccc(CCN(C)C(=O)CSc2ncc(-c3ccc(Br)cc3)[nH]2)cc1OC. The molecule has 1 N–H and O–H groups in total. The Balaban J connectivity index is 1.50. The molecule has 0 fully saturated rings. The van der Waals surface area contributed by atoms with Crippen molar-refractivity contribution in [2.45, 2.75) is 11.6 Å². The predicted molar refractivity (Wildman–Crippen MR) is 123 cm³/mol. The number of amides is 1. The van der Waals surface area contributed by atoms with Gasteiger partial charge in [0, 0.05) is 18.1 Å². The average Bonchev–Trinajstić information content (AvgIpc) is 3.25. The van der Waals surface area contributed by atoms with Crippen LogP contribution in [0.4, 0.5) is 0 Å². The summed E-state index contributed by atoms with van der Waals surface area (Å²) in [6.07, 6.45) is 2.53. The summed E-state index contributed by atoms with van der Waals surface area (Å²) in [5.41, 5.74) is 3.07. The van der Waals surface area contributed by atoms with Crippen LogP contribution in [0.25, 0.3) is 11.3 Å². The number of ether oxygens (including phenoxy) is 2. The Morgan fingerprint density at radius 3 is 2.57 bits per heavy atom. The van der Waals surface area contributed by atoms with Crippen LogP contribution in [0.1, 0.15) is 5.56 Å². The number of thioether (sulfide) groups is 1. The van der Waals surface area contributed by atoms with E-state index in [1.54, 1.807) is 25.3 Å². The highest BCUT2D eigenvalue weighted by Gasteiger charge is 2.12. The van der Waals surface area contributed by atoms with E-state index < -0.39 is 0 Å². The molecule has 0 aliphatic carbocycles. The summed E-state index contributed by atoms with van der Waals surface area (Å²) in [6.45, 7) is 0.622. The van der Waals surface area contributed by atoms with Crippen molar-refractivity contribution in [1.82, 2.24) is 14.9 Å². The number of hydrogen-bond donors (Lipinski definition) is 1. The van der Waals surface area contributed by atoms with Crippen molar-refractivity contribution in [3.8, 4) is 22.8 Å². The normalized spacial score (nSPS) is 10.7. The molecule has 3 aromatic rings. The van der Waals surface area contributed by atoms with Gasteiger partial charge >= 0.3 is 0 Å². The minimum atomic E-state index is 0.0575. The lowest BCUT2D eigenvalue weighted by atomic mass is 10.1. The second kappa shape index (κ2) is 10.5. The highest BCUT2D eigenvalue weighted by molar-refractivity contribution is 9.10. The van der Waals surface area contributed by atoms with Gasteiger partial charge in [-0.05, 0) is 41.8 Å². The first-order chi connectivity index (χ1) is 14.5. The molecule has 1 aromatic heterocycles. The van der Waals surface area contributed by atoms with Crippen molar-refractivity contribution < 1.29 is 14.3 Å². The number of nitrogens with one attached hydrogen (secondary N) is 1. The van der Waals surface area contributed by atoms with Crippen molar-refractivity contribution in [2.75, 3.05) is 33.6 Å². The molecule has 0 saturated carbocycles. The largest absolute Gasteiger partial charge is 0.493 e. The van der Waals surface area contributed by atoms with Crippen molar-refractivity contribution >= 4 is 33.6 Å². The van der Waals surface area contributed by atoms with E-state index in [0.29, 0.717) is 23.8 Å². The third kappa shape index (κ3) is 5.79. The lowest BCUT2D eigenvalue weighted by molar-refractivity contribution is -0.127. The molecule has 0 atom stereocenters. The van der Waals surface area contributed by atoms with Crippen LogP contribution in [-0.4, -0.2) is 54.3 Å². The maximum Gasteiger partial charge on any atom is 0.232 e. The van der Waals surface area contributed by atoms with Gasteiger partial charge in [-0.3, -0.25) is 4.79 Å². The van der Waals surface area contributed by atoms with Crippen LogP contribution in [0.3, 0.4) is 0 Å². The van der Waals surface area contributed by atoms with E-state index in [9.17, 15) is 4.79 Å². The number of aromatic amines is 1. The van der Waals surface area contributed by atoms with Crippen molar-refractivity contribution in [3.63, 3.8) is 0 Å². The van der Waals surface area contributed by atoms with E-state index in [1.807, 2.05) is 49.5 Å². The molecular weight excluding hydrogens is 466 g/mol. The van der Waals surface area contributed by atoms with Crippen molar-refractivity contribution in [1.29, 1.82) is 0 Å². The average molecular weight is 490 g/mol. The maximum absolute atomic E-state index is 12.5. The molecule has 30 heavy (non-hydrogen) atoms. The van der Waals surface area contributed by atoms with Gasteiger partial charge in [-0.15, -0.1) is 0 Å². The fourth-order valence-electron chi connectivity index (χ4n) is 2.85. The van der Waals surface area contributed by atoms with E-state index >= 15 is 0 Å². The third-order valence-corrected chi connectivity index (χ3v) is 6.05. The van der Waals surface area contributed by atoms with Crippen LogP contribution in [0.15, 0.2) is 58.3 Å². The fraction of sp³-hybridized carbons (Fsp3) is 0.273. The Labute approximate surface area is 189 Å². The predicted octanol–water partition coefficient (Wildman–Crippen LogP) is 4.65. The van der Waals surface area contributed by atoms with E-state index in [1.165, 1.54) is 11.8 Å². The van der Waals surface area contributed by atoms with Crippen LogP contribution in [-0.2, 0) is 11.2 Å². The molecule has 6 nitrogen and oxygen atoms in total. The number of methoxy groups -OCH3 is 2. The first-order valence-electron chi connectivity index (χ1n) is 9.38. The zero-order chi connectivity index (χ0) is 21.5. The Bertz CT molecular complexity index is 992. The zero-order valence-corrected chi connectivity index (χ0v) is 19.5. The molecule has 0 saturated heterocycles. The summed E-state index contributed by atoms with van der Waals surface area (Å²) in [6, 6.07) is 13.8. The summed E-state index contributed by atoms with van der Waals surface area (Å²) >= 11 is 4.84. The lowest BCUT2D eigenvalue weighted by Gasteiger charge is -2.17. The molecule has 0 bridgehead atoms. The number of hydrogen-bond acceptors (Lipinski definition) is 5. The van der Waals surface area contributed by atoms with E-state index in [2.05, 4.69) is 25.9 Å². The monoisotopic (exact) mass is 489 g/mol. The molecule has 0 aliphatic rings. The number of aromatic nitrogens is 2. The highest BCUT2D eigenvalue weighted by Crippen LogP contribution is 2.28. The molecule has 0 unspecified atom stereocenters. The number of nitrogens with zero attached hydrogens (tertiary/aromatic N) is 2. The van der Waals surface area contributed by atoms with Gasteiger partial charge in [0.15, 0.2) is 16.7 Å². The number of carbonyl (C=O) groups excluding carboxylic acids is 1. The summed E-state index contributed by atoms with van der Waals surface area (Å²) in [5, 5.41) is 0.731. The molecule has 0 aliphatic heterocycles. The van der Waals surface area contributed by atoms with E-state index in [4.69, 9.17) is 9.47 Å². The Kier molecular flexibility index (Phi) is 7.81. The molecule has 1 amide bonds. The zero-order valence-electron chi connectivity index (χ0n) is 17.1. The molecule has 0 spiro atoms. The summed E-state index contributed by atoms with van der Waals surface area (Å²) in [5.74, 6) is 1.78. The first-order valence-corrected chi connectivity index (χ1v) is 11.2. The van der Waals surface area contributed by atoms with Crippen molar-refractivity contribution in [2.24, 2.45) is 0 Å². The standard InChI is InChI=1S/C22H24BrN3O3S/c1-26(11-10-15-4-9-19(28-2)20(12-15)29-3)21(27)14-30-22-24-13-18(25-22)16-5-7-17(23)8-6-16/h4-9,12-13H,10-11,14H2,1-3H3,(H,24,25). The Hall–Kier alpha value is -2.45. The van der Waals surface area contributed by atoms with Crippen LogP contribution >= 0.6 is 27.7 Å². The number of carbonyl (C=O) groups is 1. The highest BCUT2D eigenvalue weighted by atomic mass is 79.9. The van der Waals surface area contributed by atoms with Gasteiger partial charge in [-0.1, -0.05) is 45.9 Å². The summed E-state index contributed by atoms with van der Waals surface area (Å²) in [7, 11) is 5.05. The number of H-pyrrole nitrogens is 1. The Morgan fingerprint density at radius 1 is 1.13 bits per heavy atom. The van der Waals surface area contributed by atoms with Gasteiger partial charge in [0.05, 0.1) is 31.9 Å². The van der Waals surface area contributed by atoms with E-state index in [-0.39, 0.29) is 5.91 Å². The van der Waals surface area contributed by atoms with E-state index in [0.717, 1.165) is 32.9 Å². The molecule has 158 valence electrons. The molecule has 1 heterocycles. The van der Waals surface area contributed by atoms with Gasteiger partial charge in [0.1, 0.15) is 0 Å². The number of likely N-dealkylation sites (N-methyl/N-ethyl adjacent to an activating group) is 1. The third-order valence-electron chi connectivity index (χ3n) is 4.65. The first kappa shape index (κ1) is 22.2. The van der Waals surface area contributed by atoms with Crippen molar-refractivity contribution in [3.05, 3.63) is 58.7 Å². The molecule has 0 radical (unpaired) electrons. The maximum atomic E-state index is 12.5. The summed E-state index contributed by atoms with van der Waals surface area (Å²) < 4.78 is 11.6. The number of imidazole rings is 1. The number of halogens is 1. The minimum Gasteiger partial charge on any atom is -0.493 e. The fourth-order valence-corrected chi connectivity index (χ4v) is 3.90. The molecule has 8 heteroatoms. The van der Waals surface area contributed by atoms with Crippen LogP contribution in [0.2, 0.25) is 0 Å². The second-order valence-corrected chi connectivity index (χ2v) is 8.53. The molecule has 3 rings (SSSR count). The molecule has 2 aromatic carbocycles. The van der Waals surface area contributed by atoms with Gasteiger partial charge < -0.3 is 19.4 Å². The van der Waals surface area contributed by atoms with Gasteiger partial charge in [0.25, 0.3) is 0 Å². The van der Waals surface area contributed by atoms with Gasteiger partial charge in [-0.2, -0.15) is 0 Å². The van der Waals surface area contributed by atoms with Gasteiger partial charge in [0.2, 0.25) is 5.91 Å². The van der Waals surface area contributed by atoms with Crippen LogP contribution < -0.4 is 9.47 Å². The van der Waals surface area contributed by atoms with Crippen LogP contribution in [0.5, 0.6) is 11.5 Å². The molecular formula is C22H24BrN3O3S. The topological polar surface area (TPSA) is 67.5 Å². The smallest absolute Gasteiger partial charge is 0.232 e. The minimum absolute atomic E-state index is 0.0575.